The fraction of sp³-hybridized carbons (Fsp3) is 0.312. The molecule has 2 N–H and O–H groups in total. The molecular formula is C16H18N2O2. The summed E-state index contributed by atoms with van der Waals surface area (Å²) in [6.45, 7) is 2.89. The highest BCUT2D eigenvalue weighted by atomic mass is 16.3. The summed E-state index contributed by atoms with van der Waals surface area (Å²) in [5, 5.41) is 6.33. The van der Waals surface area contributed by atoms with Gasteiger partial charge < -0.3 is 15.1 Å². The quantitative estimate of drug-likeness (QED) is 0.901. The Morgan fingerprint density at radius 1 is 1.35 bits per heavy atom. The van der Waals surface area contributed by atoms with Gasteiger partial charge in [0.2, 0.25) is 0 Å². The summed E-state index contributed by atoms with van der Waals surface area (Å²) in [6, 6.07) is 9.39. The molecule has 3 rings (SSSR count). The molecule has 1 atom stereocenters. The zero-order chi connectivity index (χ0) is 13.9. The summed E-state index contributed by atoms with van der Waals surface area (Å²) >= 11 is 0. The van der Waals surface area contributed by atoms with E-state index in [-0.39, 0.29) is 11.9 Å². The van der Waals surface area contributed by atoms with E-state index < -0.39 is 0 Å². The van der Waals surface area contributed by atoms with E-state index in [0.717, 1.165) is 42.0 Å². The minimum Gasteiger partial charge on any atom is -0.467 e. The molecule has 0 unspecified atom stereocenters. The molecule has 2 heterocycles. The first-order valence-corrected chi connectivity index (χ1v) is 6.96. The molecule has 104 valence electrons. The highest BCUT2D eigenvalue weighted by molar-refractivity contribution is 5.97. The molecule has 1 aliphatic rings. The predicted molar refractivity (Wildman–Crippen MR) is 77.8 cm³/mol. The van der Waals surface area contributed by atoms with E-state index in [1.807, 2.05) is 37.3 Å². The summed E-state index contributed by atoms with van der Waals surface area (Å²) in [4.78, 5) is 12.4. The molecule has 20 heavy (non-hydrogen) atoms. The molecule has 0 aliphatic carbocycles. The van der Waals surface area contributed by atoms with Gasteiger partial charge in [-0.15, -0.1) is 0 Å². The summed E-state index contributed by atoms with van der Waals surface area (Å²) in [6.07, 6.45) is 3.62. The van der Waals surface area contributed by atoms with Crippen LogP contribution in [0.15, 0.2) is 41.0 Å². The Kier molecular flexibility index (Phi) is 3.46. The number of hydrogen-bond acceptors (Lipinski definition) is 3. The number of amides is 1. The van der Waals surface area contributed by atoms with E-state index in [9.17, 15) is 4.79 Å². The van der Waals surface area contributed by atoms with Crippen molar-refractivity contribution in [2.45, 2.75) is 25.8 Å². The Bertz CT molecular complexity index is 605. The molecule has 0 saturated heterocycles. The van der Waals surface area contributed by atoms with Crippen molar-refractivity contribution < 1.29 is 9.21 Å². The molecular weight excluding hydrogens is 252 g/mol. The number of carbonyl (C=O) groups excluding carboxylic acids is 1. The van der Waals surface area contributed by atoms with E-state index in [4.69, 9.17) is 4.42 Å². The second kappa shape index (κ2) is 5.41. The van der Waals surface area contributed by atoms with E-state index in [1.54, 1.807) is 6.26 Å². The van der Waals surface area contributed by atoms with E-state index in [0.29, 0.717) is 0 Å². The lowest BCUT2D eigenvalue weighted by Crippen LogP contribution is -2.28. The third kappa shape index (κ3) is 2.41. The smallest absolute Gasteiger partial charge is 0.252 e. The van der Waals surface area contributed by atoms with Gasteiger partial charge in [-0.05, 0) is 49.6 Å². The van der Waals surface area contributed by atoms with Gasteiger partial charge in [-0.2, -0.15) is 0 Å². The number of hydrogen-bond donors (Lipinski definition) is 2. The maximum Gasteiger partial charge on any atom is 0.252 e. The van der Waals surface area contributed by atoms with Crippen LogP contribution in [-0.2, 0) is 6.42 Å². The monoisotopic (exact) mass is 270 g/mol. The van der Waals surface area contributed by atoms with Gasteiger partial charge in [0, 0.05) is 17.8 Å². The SMILES string of the molecule is C[C@@H](NC(=O)c1cccc2c1CCCN2)c1ccco1. The van der Waals surface area contributed by atoms with Crippen LogP contribution in [0.2, 0.25) is 0 Å². The maximum absolute atomic E-state index is 12.4. The molecule has 1 aromatic heterocycles. The molecule has 1 aromatic carbocycles. The van der Waals surface area contributed by atoms with E-state index >= 15 is 0 Å². The Balaban J connectivity index is 1.81. The molecule has 0 saturated carbocycles. The topological polar surface area (TPSA) is 54.3 Å². The fourth-order valence-corrected chi connectivity index (χ4v) is 2.61. The van der Waals surface area contributed by atoms with Gasteiger partial charge in [0.25, 0.3) is 5.91 Å². The highest BCUT2D eigenvalue weighted by Gasteiger charge is 2.19. The molecule has 4 heteroatoms. The van der Waals surface area contributed by atoms with Gasteiger partial charge in [-0.3, -0.25) is 4.79 Å². The van der Waals surface area contributed by atoms with Crippen molar-refractivity contribution >= 4 is 11.6 Å². The Morgan fingerprint density at radius 3 is 3.05 bits per heavy atom. The predicted octanol–water partition coefficient (Wildman–Crippen LogP) is 3.13. The minimum atomic E-state index is -0.134. The lowest BCUT2D eigenvalue weighted by atomic mass is 9.97. The molecule has 1 amide bonds. The van der Waals surface area contributed by atoms with Crippen molar-refractivity contribution in [3.63, 3.8) is 0 Å². The summed E-state index contributed by atoms with van der Waals surface area (Å²) < 4.78 is 5.32. The molecule has 0 fully saturated rings. The van der Waals surface area contributed by atoms with Gasteiger partial charge in [-0.1, -0.05) is 6.07 Å². The zero-order valence-electron chi connectivity index (χ0n) is 11.5. The molecule has 0 bridgehead atoms. The fourth-order valence-electron chi connectivity index (χ4n) is 2.61. The van der Waals surface area contributed by atoms with Crippen molar-refractivity contribution in [3.05, 3.63) is 53.5 Å². The van der Waals surface area contributed by atoms with Crippen molar-refractivity contribution in [3.8, 4) is 0 Å². The normalized spacial score (nSPS) is 15.1. The van der Waals surface area contributed by atoms with Crippen LogP contribution in [0.1, 0.15) is 41.1 Å². The van der Waals surface area contributed by atoms with Crippen LogP contribution in [0.5, 0.6) is 0 Å². The average molecular weight is 270 g/mol. The van der Waals surface area contributed by atoms with Crippen LogP contribution in [0.25, 0.3) is 0 Å². The van der Waals surface area contributed by atoms with Crippen LogP contribution >= 0.6 is 0 Å². The van der Waals surface area contributed by atoms with Gasteiger partial charge in [-0.25, -0.2) is 0 Å². The molecule has 0 spiro atoms. The van der Waals surface area contributed by atoms with Gasteiger partial charge in [0.1, 0.15) is 5.76 Å². The van der Waals surface area contributed by atoms with Crippen LogP contribution in [0, 0.1) is 0 Å². The van der Waals surface area contributed by atoms with Crippen LogP contribution in [0.4, 0.5) is 5.69 Å². The summed E-state index contributed by atoms with van der Waals surface area (Å²) in [7, 11) is 0. The van der Waals surface area contributed by atoms with Crippen LogP contribution in [0.3, 0.4) is 0 Å². The van der Waals surface area contributed by atoms with E-state index in [1.165, 1.54) is 0 Å². The van der Waals surface area contributed by atoms with Crippen molar-refractivity contribution in [2.24, 2.45) is 0 Å². The van der Waals surface area contributed by atoms with Crippen molar-refractivity contribution in [2.75, 3.05) is 11.9 Å². The lowest BCUT2D eigenvalue weighted by molar-refractivity contribution is 0.0934. The van der Waals surface area contributed by atoms with Gasteiger partial charge >= 0.3 is 0 Å². The molecule has 1 aliphatic heterocycles. The first-order chi connectivity index (χ1) is 9.75. The second-order valence-electron chi connectivity index (χ2n) is 5.07. The Hall–Kier alpha value is -2.23. The summed E-state index contributed by atoms with van der Waals surface area (Å²) in [5.74, 6) is 0.718. The first kappa shape index (κ1) is 12.8. The molecule has 4 nitrogen and oxygen atoms in total. The number of nitrogens with one attached hydrogen (secondary N) is 2. The Morgan fingerprint density at radius 2 is 2.25 bits per heavy atom. The molecule has 0 radical (unpaired) electrons. The largest absolute Gasteiger partial charge is 0.467 e. The van der Waals surface area contributed by atoms with E-state index in [2.05, 4.69) is 10.6 Å². The standard InChI is InChI=1S/C16H18N2O2/c1-11(15-8-4-10-20-15)18-16(19)13-5-2-7-14-12(13)6-3-9-17-14/h2,4-5,7-8,10-11,17H,3,6,9H2,1H3,(H,18,19)/t11-/m1/s1. The van der Waals surface area contributed by atoms with Gasteiger partial charge in [0.05, 0.1) is 12.3 Å². The number of carbonyl (C=O) groups is 1. The van der Waals surface area contributed by atoms with Gasteiger partial charge in [0.15, 0.2) is 0 Å². The average Bonchev–Trinajstić information content (AvgIpc) is 3.01. The maximum atomic E-state index is 12.4. The number of fused-ring (bicyclic) bond motifs is 1. The highest BCUT2D eigenvalue weighted by Crippen LogP contribution is 2.25. The third-order valence-corrected chi connectivity index (χ3v) is 3.66. The number of anilines is 1. The third-order valence-electron chi connectivity index (χ3n) is 3.66. The second-order valence-corrected chi connectivity index (χ2v) is 5.07. The Labute approximate surface area is 118 Å². The number of furan rings is 1. The molecule has 2 aromatic rings. The lowest BCUT2D eigenvalue weighted by Gasteiger charge is -2.21. The minimum absolute atomic E-state index is 0.0468. The summed E-state index contributed by atoms with van der Waals surface area (Å²) in [5.41, 5.74) is 2.95. The zero-order valence-corrected chi connectivity index (χ0v) is 11.5. The van der Waals surface area contributed by atoms with Crippen LogP contribution < -0.4 is 10.6 Å². The number of benzene rings is 1. The van der Waals surface area contributed by atoms with Crippen LogP contribution in [-0.4, -0.2) is 12.5 Å². The van der Waals surface area contributed by atoms with Crippen molar-refractivity contribution in [1.82, 2.24) is 5.32 Å². The first-order valence-electron chi connectivity index (χ1n) is 6.96. The van der Waals surface area contributed by atoms with Crippen molar-refractivity contribution in [1.29, 1.82) is 0 Å². The number of rotatable bonds is 3.